The number of aryl methyl sites for hydroxylation is 3. The van der Waals surface area contributed by atoms with Crippen LogP contribution < -0.4 is 5.56 Å². The second-order valence-corrected chi connectivity index (χ2v) is 8.54. The minimum absolute atomic E-state index is 0.0763. The summed E-state index contributed by atoms with van der Waals surface area (Å²) < 4.78 is 1.72. The van der Waals surface area contributed by atoms with Crippen molar-refractivity contribution >= 4 is 11.3 Å². The summed E-state index contributed by atoms with van der Waals surface area (Å²) in [4.78, 5) is 14.8. The molecule has 1 aliphatic heterocycles. The van der Waals surface area contributed by atoms with Gasteiger partial charge in [-0.3, -0.25) is 9.69 Å². The van der Waals surface area contributed by atoms with E-state index in [1.165, 1.54) is 18.4 Å². The maximum absolute atomic E-state index is 12.3. The van der Waals surface area contributed by atoms with Gasteiger partial charge in [0.2, 0.25) is 0 Å². The van der Waals surface area contributed by atoms with Gasteiger partial charge in [0.15, 0.2) is 0 Å². The zero-order valence-corrected chi connectivity index (χ0v) is 15.6. The van der Waals surface area contributed by atoms with Gasteiger partial charge in [-0.1, -0.05) is 0 Å². The Morgan fingerprint density at radius 3 is 2.76 bits per heavy atom. The molecule has 1 fully saturated rings. The number of likely N-dealkylation sites (tertiary alicyclic amines) is 1. The lowest BCUT2D eigenvalue weighted by atomic mass is 9.96. The topological polar surface area (TPSA) is 63.9 Å². The zero-order valence-electron chi connectivity index (χ0n) is 14.8. The number of rotatable bonds is 4. The van der Waals surface area contributed by atoms with Gasteiger partial charge in [0.25, 0.3) is 5.56 Å². The normalized spacial score (nSPS) is 19.1. The quantitative estimate of drug-likeness (QED) is 0.837. The molecule has 2 aromatic rings. The van der Waals surface area contributed by atoms with Crippen LogP contribution in [0.2, 0.25) is 0 Å². The fourth-order valence-corrected chi connectivity index (χ4v) is 4.65. The molecule has 0 unspecified atom stereocenters. The lowest BCUT2D eigenvalue weighted by molar-refractivity contribution is 0.163. The van der Waals surface area contributed by atoms with Crippen molar-refractivity contribution in [1.29, 1.82) is 0 Å². The molecule has 4 rings (SSSR count). The lowest BCUT2D eigenvalue weighted by Gasteiger charge is -2.31. The monoisotopic (exact) mass is 359 g/mol. The zero-order chi connectivity index (χ0) is 17.2. The molecule has 3 heterocycles. The summed E-state index contributed by atoms with van der Waals surface area (Å²) in [5, 5.41) is 15.1. The van der Waals surface area contributed by atoms with Gasteiger partial charge >= 0.3 is 0 Å². The van der Waals surface area contributed by atoms with Crippen LogP contribution in [0, 0.1) is 12.8 Å². The predicted octanol–water partition coefficient (Wildman–Crippen LogP) is 2.19. The summed E-state index contributed by atoms with van der Waals surface area (Å²) in [7, 11) is 0. The van der Waals surface area contributed by atoms with E-state index in [0.29, 0.717) is 5.92 Å². The first-order valence-corrected chi connectivity index (χ1v) is 10.1. The minimum atomic E-state index is 0.0763. The second kappa shape index (κ2) is 7.33. The molecular formula is C18H25N5OS. The van der Waals surface area contributed by atoms with Crippen LogP contribution in [0.5, 0.6) is 0 Å². The van der Waals surface area contributed by atoms with Crippen molar-refractivity contribution in [3.8, 4) is 0 Å². The van der Waals surface area contributed by atoms with Crippen molar-refractivity contribution in [1.82, 2.24) is 24.9 Å². The minimum Gasteiger partial charge on any atom is -0.297 e. The summed E-state index contributed by atoms with van der Waals surface area (Å²) in [6.07, 6.45) is 6.65. The van der Waals surface area contributed by atoms with Gasteiger partial charge in [-0.15, -0.1) is 21.5 Å². The maximum Gasteiger partial charge on any atom is 0.267 e. The predicted molar refractivity (Wildman–Crippen MR) is 97.8 cm³/mol. The van der Waals surface area contributed by atoms with Crippen LogP contribution in [-0.2, 0) is 25.9 Å². The Kier molecular flexibility index (Phi) is 4.94. The van der Waals surface area contributed by atoms with Gasteiger partial charge in [0.1, 0.15) is 10.0 Å². The summed E-state index contributed by atoms with van der Waals surface area (Å²) in [6, 6.07) is 1.83. The van der Waals surface area contributed by atoms with Crippen LogP contribution >= 0.6 is 11.3 Å². The van der Waals surface area contributed by atoms with E-state index in [2.05, 4.69) is 20.2 Å². The van der Waals surface area contributed by atoms with Crippen LogP contribution in [0.3, 0.4) is 0 Å². The molecule has 0 aromatic carbocycles. The molecular weight excluding hydrogens is 334 g/mol. The van der Waals surface area contributed by atoms with Crippen LogP contribution in [0.1, 0.15) is 47.0 Å². The van der Waals surface area contributed by atoms with Crippen LogP contribution in [0.25, 0.3) is 0 Å². The fourth-order valence-electron chi connectivity index (χ4n) is 3.90. The molecule has 6 nitrogen and oxygen atoms in total. The van der Waals surface area contributed by atoms with Crippen LogP contribution in [-0.4, -0.2) is 38.0 Å². The number of aromatic nitrogens is 4. The highest BCUT2D eigenvalue weighted by Gasteiger charge is 2.22. The Morgan fingerprint density at radius 1 is 1.20 bits per heavy atom. The van der Waals surface area contributed by atoms with Gasteiger partial charge in [-0.25, -0.2) is 4.68 Å². The summed E-state index contributed by atoms with van der Waals surface area (Å²) in [6.45, 7) is 5.77. The van der Waals surface area contributed by atoms with Crippen molar-refractivity contribution in [3.05, 3.63) is 37.7 Å². The van der Waals surface area contributed by atoms with Crippen LogP contribution in [0.4, 0.5) is 0 Å². The van der Waals surface area contributed by atoms with E-state index in [4.69, 9.17) is 0 Å². The summed E-state index contributed by atoms with van der Waals surface area (Å²) in [5.41, 5.74) is 2.40. The van der Waals surface area contributed by atoms with E-state index >= 15 is 0 Å². The lowest BCUT2D eigenvalue weighted by Crippen LogP contribution is -2.37. The van der Waals surface area contributed by atoms with Gasteiger partial charge in [0.05, 0.1) is 12.2 Å². The SMILES string of the molecule is Cc1nnc(CN2CCC(Cn3nc4c(cc3=O)CCCC4)CC2)s1. The fraction of sp³-hybridized carbons (Fsp3) is 0.667. The Morgan fingerprint density at radius 2 is 2.00 bits per heavy atom. The first-order valence-electron chi connectivity index (χ1n) is 9.28. The highest BCUT2D eigenvalue weighted by atomic mass is 32.1. The third-order valence-electron chi connectivity index (χ3n) is 5.34. The number of hydrogen-bond acceptors (Lipinski definition) is 6. The smallest absolute Gasteiger partial charge is 0.267 e. The number of piperidine rings is 1. The Hall–Kier alpha value is -1.60. The van der Waals surface area contributed by atoms with Gasteiger partial charge in [-0.2, -0.15) is 5.10 Å². The Labute approximate surface area is 151 Å². The van der Waals surface area contributed by atoms with Crippen molar-refractivity contribution in [3.63, 3.8) is 0 Å². The van der Waals surface area contributed by atoms with E-state index < -0.39 is 0 Å². The first kappa shape index (κ1) is 16.8. The van der Waals surface area contributed by atoms with E-state index in [-0.39, 0.29) is 5.56 Å². The van der Waals surface area contributed by atoms with Crippen molar-refractivity contribution in [2.24, 2.45) is 5.92 Å². The molecule has 2 aliphatic rings. The molecule has 0 N–H and O–H groups in total. The van der Waals surface area contributed by atoms with E-state index in [1.54, 1.807) is 16.0 Å². The second-order valence-electron chi connectivity index (χ2n) is 7.28. The molecule has 0 radical (unpaired) electrons. The van der Waals surface area contributed by atoms with Crippen LogP contribution in [0.15, 0.2) is 10.9 Å². The van der Waals surface area contributed by atoms with Crippen molar-refractivity contribution in [2.45, 2.75) is 58.5 Å². The van der Waals surface area contributed by atoms with E-state index in [0.717, 1.165) is 67.6 Å². The molecule has 0 saturated carbocycles. The molecule has 7 heteroatoms. The molecule has 0 amide bonds. The largest absolute Gasteiger partial charge is 0.297 e. The Balaban J connectivity index is 1.35. The maximum atomic E-state index is 12.3. The highest BCUT2D eigenvalue weighted by Crippen LogP contribution is 2.22. The van der Waals surface area contributed by atoms with Crippen molar-refractivity contribution < 1.29 is 0 Å². The summed E-state index contributed by atoms with van der Waals surface area (Å²) >= 11 is 1.68. The van der Waals surface area contributed by atoms with Crippen molar-refractivity contribution in [2.75, 3.05) is 13.1 Å². The molecule has 0 atom stereocenters. The van der Waals surface area contributed by atoms with Gasteiger partial charge in [0, 0.05) is 12.6 Å². The highest BCUT2D eigenvalue weighted by molar-refractivity contribution is 7.11. The first-order chi connectivity index (χ1) is 12.2. The third-order valence-corrected chi connectivity index (χ3v) is 6.16. The molecule has 25 heavy (non-hydrogen) atoms. The molecule has 134 valence electrons. The number of fused-ring (bicyclic) bond motifs is 1. The Bertz CT molecular complexity index is 791. The standard InChI is InChI=1S/C18H25N5OS/c1-13-19-20-17(25-13)12-22-8-6-14(7-9-22)11-23-18(24)10-15-4-2-3-5-16(15)21-23/h10,14H,2-9,11-12H2,1H3. The number of hydrogen-bond donors (Lipinski definition) is 0. The van der Waals surface area contributed by atoms with E-state index in [9.17, 15) is 4.79 Å². The molecule has 1 aliphatic carbocycles. The molecule has 0 spiro atoms. The average Bonchev–Trinajstić information content (AvgIpc) is 3.02. The van der Waals surface area contributed by atoms with Gasteiger partial charge < -0.3 is 0 Å². The molecule has 1 saturated heterocycles. The van der Waals surface area contributed by atoms with E-state index in [1.807, 2.05) is 13.0 Å². The number of nitrogens with zero attached hydrogens (tertiary/aromatic N) is 5. The molecule has 0 bridgehead atoms. The third kappa shape index (κ3) is 3.98. The summed E-state index contributed by atoms with van der Waals surface area (Å²) in [5.74, 6) is 0.541. The average molecular weight is 359 g/mol. The molecule has 2 aromatic heterocycles. The van der Waals surface area contributed by atoms with Gasteiger partial charge in [-0.05, 0) is 70.0 Å².